The van der Waals surface area contributed by atoms with E-state index >= 15 is 0 Å². The number of aliphatic hydroxyl groups is 1. The molecule has 3 rings (SSSR count). The second-order valence-corrected chi connectivity index (χ2v) is 9.41. The predicted octanol–water partition coefficient (Wildman–Crippen LogP) is 5.08. The van der Waals surface area contributed by atoms with Gasteiger partial charge in [-0.25, -0.2) is 9.18 Å². The Balaban J connectivity index is 1.76. The van der Waals surface area contributed by atoms with Crippen LogP contribution in [0.15, 0.2) is 12.1 Å². The van der Waals surface area contributed by atoms with E-state index in [4.69, 9.17) is 9.47 Å². The second kappa shape index (κ2) is 8.40. The van der Waals surface area contributed by atoms with E-state index in [9.17, 15) is 14.3 Å². The monoisotopic (exact) mass is 392 g/mol. The summed E-state index contributed by atoms with van der Waals surface area (Å²) < 4.78 is 26.0. The van der Waals surface area contributed by atoms with E-state index < -0.39 is 11.8 Å². The average Bonchev–Trinajstić information content (AvgIpc) is 3.46. The predicted molar refractivity (Wildman–Crippen MR) is 106 cm³/mol. The van der Waals surface area contributed by atoms with Crippen molar-refractivity contribution in [3.63, 3.8) is 0 Å². The van der Waals surface area contributed by atoms with Gasteiger partial charge in [0.25, 0.3) is 0 Å². The maximum atomic E-state index is 14.7. The first kappa shape index (κ1) is 21.1. The number of benzene rings is 1. The van der Waals surface area contributed by atoms with Crippen LogP contribution in [0.4, 0.5) is 4.39 Å². The van der Waals surface area contributed by atoms with Gasteiger partial charge in [0, 0.05) is 11.5 Å². The summed E-state index contributed by atoms with van der Waals surface area (Å²) in [6, 6.07) is 2.98. The molecule has 5 heteroatoms. The van der Waals surface area contributed by atoms with E-state index in [-0.39, 0.29) is 29.6 Å². The third kappa shape index (κ3) is 4.86. The molecular formula is C23H33FO4. The van der Waals surface area contributed by atoms with Gasteiger partial charge in [0.1, 0.15) is 11.6 Å². The average molecular weight is 393 g/mol. The summed E-state index contributed by atoms with van der Waals surface area (Å²) in [5.41, 5.74) is 0.853. The summed E-state index contributed by atoms with van der Waals surface area (Å²) in [7, 11) is 0. The summed E-state index contributed by atoms with van der Waals surface area (Å²) in [4.78, 5) is 12.3. The van der Waals surface area contributed by atoms with E-state index in [1.165, 1.54) is 6.07 Å². The van der Waals surface area contributed by atoms with Gasteiger partial charge in [-0.1, -0.05) is 27.7 Å². The van der Waals surface area contributed by atoms with Crippen molar-refractivity contribution in [2.24, 2.45) is 17.3 Å². The fourth-order valence-corrected chi connectivity index (χ4v) is 3.90. The van der Waals surface area contributed by atoms with Gasteiger partial charge in [-0.05, 0) is 61.5 Å². The van der Waals surface area contributed by atoms with Crippen LogP contribution >= 0.6 is 0 Å². The normalized spacial score (nSPS) is 27.7. The van der Waals surface area contributed by atoms with Crippen molar-refractivity contribution in [3.05, 3.63) is 29.1 Å². The van der Waals surface area contributed by atoms with E-state index in [2.05, 4.69) is 13.8 Å². The number of carbonyl (C=O) groups is 1. The van der Waals surface area contributed by atoms with Gasteiger partial charge in [-0.2, -0.15) is 0 Å². The molecule has 0 spiro atoms. The van der Waals surface area contributed by atoms with Crippen molar-refractivity contribution in [1.82, 2.24) is 0 Å². The first-order valence-corrected chi connectivity index (χ1v) is 10.5. The molecule has 0 radical (unpaired) electrons. The van der Waals surface area contributed by atoms with Crippen LogP contribution in [0.1, 0.15) is 81.6 Å². The molecule has 0 bridgehead atoms. The van der Waals surface area contributed by atoms with Gasteiger partial charge in [0.2, 0.25) is 0 Å². The van der Waals surface area contributed by atoms with Gasteiger partial charge < -0.3 is 14.6 Å². The van der Waals surface area contributed by atoms with E-state index in [0.29, 0.717) is 24.2 Å². The van der Waals surface area contributed by atoms with Gasteiger partial charge in [-0.15, -0.1) is 0 Å². The van der Waals surface area contributed by atoms with E-state index in [1.54, 1.807) is 6.07 Å². The first-order valence-electron chi connectivity index (χ1n) is 10.5. The Labute approximate surface area is 167 Å². The lowest BCUT2D eigenvalue weighted by Gasteiger charge is -2.41. The van der Waals surface area contributed by atoms with Crippen LogP contribution in [0.5, 0.6) is 5.75 Å². The van der Waals surface area contributed by atoms with Crippen molar-refractivity contribution in [2.75, 3.05) is 13.2 Å². The summed E-state index contributed by atoms with van der Waals surface area (Å²) >= 11 is 0. The molecule has 3 unspecified atom stereocenters. The maximum absolute atomic E-state index is 14.7. The molecule has 4 nitrogen and oxygen atoms in total. The first-order chi connectivity index (χ1) is 13.2. The quantitative estimate of drug-likeness (QED) is 0.657. The van der Waals surface area contributed by atoms with Crippen LogP contribution in [0, 0.1) is 23.1 Å². The Kier molecular flexibility index (Phi) is 6.33. The Morgan fingerprint density at radius 3 is 2.64 bits per heavy atom. The minimum Gasteiger partial charge on any atom is -0.493 e. The molecule has 156 valence electrons. The third-order valence-corrected chi connectivity index (χ3v) is 6.31. The zero-order valence-electron chi connectivity index (χ0n) is 17.5. The Morgan fingerprint density at radius 2 is 2.04 bits per heavy atom. The summed E-state index contributed by atoms with van der Waals surface area (Å²) in [5.74, 6) is 0.197. The number of rotatable bonds is 7. The number of carbonyl (C=O) groups excluding carboxylic acids is 1. The molecule has 1 aromatic rings. The molecule has 28 heavy (non-hydrogen) atoms. The Bertz CT molecular complexity index is 713. The standard InChI is InChI=1S/C23H33FO4/c1-14(2)12-27-22(26)19-10-18(16-5-6-16)21(11-20(19)24)28-13-23(4)8-7-17(25)9-15(23)3/h10-11,14-17,25H,5-9,12-13H2,1-4H3. The van der Waals surface area contributed by atoms with Crippen molar-refractivity contribution >= 4 is 5.97 Å². The number of ether oxygens (including phenoxy) is 2. The van der Waals surface area contributed by atoms with E-state index in [1.807, 2.05) is 13.8 Å². The lowest BCUT2D eigenvalue weighted by Crippen LogP contribution is -2.39. The highest BCUT2D eigenvalue weighted by Crippen LogP contribution is 2.46. The fraction of sp³-hybridized carbons (Fsp3) is 0.696. The summed E-state index contributed by atoms with van der Waals surface area (Å²) in [6.07, 6.45) is 4.25. The number of hydrogen-bond acceptors (Lipinski definition) is 4. The molecule has 0 aliphatic heterocycles. The number of aliphatic hydroxyl groups excluding tert-OH is 1. The number of esters is 1. The van der Waals surface area contributed by atoms with Crippen LogP contribution in [0.25, 0.3) is 0 Å². The molecule has 0 aromatic heterocycles. The van der Waals surface area contributed by atoms with Crippen molar-refractivity contribution in [2.45, 2.75) is 71.8 Å². The lowest BCUT2D eigenvalue weighted by molar-refractivity contribution is -0.00159. The molecular weight excluding hydrogens is 359 g/mol. The third-order valence-electron chi connectivity index (χ3n) is 6.31. The number of hydrogen-bond donors (Lipinski definition) is 1. The van der Waals surface area contributed by atoms with Gasteiger partial charge in [-0.3, -0.25) is 0 Å². The minimum atomic E-state index is -0.610. The van der Waals surface area contributed by atoms with Crippen LogP contribution in [-0.2, 0) is 4.74 Å². The molecule has 1 aromatic carbocycles. The molecule has 0 saturated heterocycles. The van der Waals surface area contributed by atoms with Crippen molar-refractivity contribution < 1.29 is 23.8 Å². The highest BCUT2D eigenvalue weighted by atomic mass is 19.1. The van der Waals surface area contributed by atoms with Crippen molar-refractivity contribution in [1.29, 1.82) is 0 Å². The molecule has 2 aliphatic carbocycles. The molecule has 1 N–H and O–H groups in total. The van der Waals surface area contributed by atoms with Crippen LogP contribution in [-0.4, -0.2) is 30.4 Å². The molecule has 2 saturated carbocycles. The second-order valence-electron chi connectivity index (χ2n) is 9.41. The maximum Gasteiger partial charge on any atom is 0.341 e. The SMILES string of the molecule is CC(C)COC(=O)c1cc(C2CC2)c(OCC2(C)CCC(O)CC2C)cc1F. The van der Waals surface area contributed by atoms with Gasteiger partial charge in [0.15, 0.2) is 0 Å². The Hall–Kier alpha value is -1.62. The summed E-state index contributed by atoms with van der Waals surface area (Å²) in [5, 5.41) is 9.88. The number of halogens is 1. The topological polar surface area (TPSA) is 55.8 Å². The van der Waals surface area contributed by atoms with Crippen LogP contribution in [0.3, 0.4) is 0 Å². The smallest absolute Gasteiger partial charge is 0.341 e. The highest BCUT2D eigenvalue weighted by Gasteiger charge is 2.38. The van der Waals surface area contributed by atoms with Gasteiger partial charge in [0.05, 0.1) is 24.9 Å². The van der Waals surface area contributed by atoms with Crippen LogP contribution < -0.4 is 4.74 Å². The molecule has 0 heterocycles. The van der Waals surface area contributed by atoms with Crippen LogP contribution in [0.2, 0.25) is 0 Å². The molecule has 2 aliphatic rings. The largest absolute Gasteiger partial charge is 0.493 e. The molecule has 2 fully saturated rings. The highest BCUT2D eigenvalue weighted by molar-refractivity contribution is 5.90. The Morgan fingerprint density at radius 1 is 1.32 bits per heavy atom. The molecule has 0 amide bonds. The van der Waals surface area contributed by atoms with Crippen molar-refractivity contribution in [3.8, 4) is 5.75 Å². The molecule has 3 atom stereocenters. The lowest BCUT2D eigenvalue weighted by atomic mass is 9.68. The minimum absolute atomic E-state index is 0.00438. The van der Waals surface area contributed by atoms with Gasteiger partial charge >= 0.3 is 5.97 Å². The van der Waals surface area contributed by atoms with E-state index in [0.717, 1.165) is 37.7 Å². The zero-order valence-corrected chi connectivity index (χ0v) is 17.5. The summed E-state index contributed by atoms with van der Waals surface area (Å²) in [6.45, 7) is 8.97. The fourth-order valence-electron chi connectivity index (χ4n) is 3.90. The zero-order chi connectivity index (χ0) is 20.5.